The molecule has 0 aromatic heterocycles. The predicted molar refractivity (Wildman–Crippen MR) is 72.1 cm³/mol. The van der Waals surface area contributed by atoms with Gasteiger partial charge < -0.3 is 10.5 Å². The van der Waals surface area contributed by atoms with Gasteiger partial charge in [0.25, 0.3) is 0 Å². The van der Waals surface area contributed by atoms with Crippen molar-refractivity contribution in [3.05, 3.63) is 18.2 Å². The van der Waals surface area contributed by atoms with Crippen LogP contribution in [0, 0.1) is 0 Å². The van der Waals surface area contributed by atoms with Gasteiger partial charge in [0.1, 0.15) is 10.6 Å². The fourth-order valence-corrected chi connectivity index (χ4v) is 2.49. The number of sulfonamides is 1. The molecule has 0 aliphatic carbocycles. The van der Waals surface area contributed by atoms with Crippen LogP contribution in [0.25, 0.3) is 0 Å². The molecular formula is C12H20N2O3S. The first-order valence-corrected chi connectivity index (χ1v) is 7.38. The molecule has 3 N–H and O–H groups in total. The largest absolute Gasteiger partial charge is 0.491 e. The van der Waals surface area contributed by atoms with Crippen LogP contribution in [0.15, 0.2) is 23.1 Å². The van der Waals surface area contributed by atoms with E-state index < -0.39 is 10.0 Å². The first-order chi connectivity index (χ1) is 8.40. The minimum Gasteiger partial charge on any atom is -0.491 e. The van der Waals surface area contributed by atoms with Crippen molar-refractivity contribution in [3.8, 4) is 5.75 Å². The quantitative estimate of drug-likeness (QED) is 0.773. The van der Waals surface area contributed by atoms with Gasteiger partial charge in [-0.15, -0.1) is 0 Å². The molecule has 0 fully saturated rings. The molecule has 1 unspecified atom stereocenters. The lowest BCUT2D eigenvalue weighted by Gasteiger charge is -2.15. The third kappa shape index (κ3) is 3.61. The van der Waals surface area contributed by atoms with Crippen molar-refractivity contribution >= 4 is 15.7 Å². The Morgan fingerprint density at radius 2 is 2.11 bits per heavy atom. The predicted octanol–water partition coefficient (Wildman–Crippen LogP) is 1.74. The van der Waals surface area contributed by atoms with Gasteiger partial charge in [0, 0.05) is 6.07 Å². The SMILES string of the molecule is CCCC(C)Oc1ccc(S(=O)(=O)NC)c(N)c1. The fourth-order valence-electron chi connectivity index (χ4n) is 1.65. The van der Waals surface area contributed by atoms with Crippen LogP contribution in [-0.2, 0) is 10.0 Å². The molecular weight excluding hydrogens is 252 g/mol. The molecule has 18 heavy (non-hydrogen) atoms. The van der Waals surface area contributed by atoms with E-state index in [-0.39, 0.29) is 16.7 Å². The van der Waals surface area contributed by atoms with Gasteiger partial charge in [0.2, 0.25) is 10.0 Å². The maximum absolute atomic E-state index is 11.6. The molecule has 0 aliphatic heterocycles. The van der Waals surface area contributed by atoms with Crippen LogP contribution in [-0.4, -0.2) is 21.6 Å². The van der Waals surface area contributed by atoms with Crippen LogP contribution < -0.4 is 15.2 Å². The zero-order valence-corrected chi connectivity index (χ0v) is 11.8. The summed E-state index contributed by atoms with van der Waals surface area (Å²) in [5.41, 5.74) is 5.92. The Morgan fingerprint density at radius 1 is 1.44 bits per heavy atom. The highest BCUT2D eigenvalue weighted by Gasteiger charge is 2.16. The zero-order valence-electron chi connectivity index (χ0n) is 10.9. The first kappa shape index (κ1) is 14.8. The molecule has 0 saturated carbocycles. The van der Waals surface area contributed by atoms with E-state index in [4.69, 9.17) is 10.5 Å². The second kappa shape index (κ2) is 6.06. The third-order valence-corrected chi connectivity index (χ3v) is 4.06. The Morgan fingerprint density at radius 3 is 2.61 bits per heavy atom. The van der Waals surface area contributed by atoms with E-state index in [0.29, 0.717) is 5.75 Å². The lowest BCUT2D eigenvalue weighted by molar-refractivity contribution is 0.210. The van der Waals surface area contributed by atoms with Crippen LogP contribution in [0.5, 0.6) is 5.75 Å². The van der Waals surface area contributed by atoms with Crippen LogP contribution in [0.3, 0.4) is 0 Å². The highest BCUT2D eigenvalue weighted by Crippen LogP contribution is 2.24. The van der Waals surface area contributed by atoms with Crippen LogP contribution >= 0.6 is 0 Å². The molecule has 0 bridgehead atoms. The van der Waals surface area contributed by atoms with Crippen LogP contribution in [0.4, 0.5) is 5.69 Å². The average Bonchev–Trinajstić information content (AvgIpc) is 2.29. The van der Waals surface area contributed by atoms with Crippen molar-refractivity contribution in [1.29, 1.82) is 0 Å². The lowest BCUT2D eigenvalue weighted by Crippen LogP contribution is -2.20. The molecule has 0 heterocycles. The number of ether oxygens (including phenoxy) is 1. The number of rotatable bonds is 6. The molecule has 6 heteroatoms. The Hall–Kier alpha value is -1.27. The summed E-state index contributed by atoms with van der Waals surface area (Å²) < 4.78 is 31.1. The molecule has 0 radical (unpaired) electrons. The minimum absolute atomic E-state index is 0.0699. The summed E-state index contributed by atoms with van der Waals surface area (Å²) in [6.07, 6.45) is 2.06. The monoisotopic (exact) mass is 272 g/mol. The van der Waals surface area contributed by atoms with E-state index in [1.54, 1.807) is 6.07 Å². The number of anilines is 1. The first-order valence-electron chi connectivity index (χ1n) is 5.90. The van der Waals surface area contributed by atoms with E-state index in [1.165, 1.54) is 19.2 Å². The van der Waals surface area contributed by atoms with Gasteiger partial charge in [-0.1, -0.05) is 13.3 Å². The van der Waals surface area contributed by atoms with Crippen molar-refractivity contribution in [1.82, 2.24) is 4.72 Å². The summed E-state index contributed by atoms with van der Waals surface area (Å²) in [5.74, 6) is 0.587. The lowest BCUT2D eigenvalue weighted by atomic mass is 10.2. The number of nitrogens with two attached hydrogens (primary N) is 1. The third-order valence-electron chi connectivity index (χ3n) is 2.57. The summed E-state index contributed by atoms with van der Waals surface area (Å²) in [6, 6.07) is 4.61. The molecule has 5 nitrogen and oxygen atoms in total. The Bertz CT molecular complexity index is 500. The second-order valence-electron chi connectivity index (χ2n) is 4.12. The van der Waals surface area contributed by atoms with E-state index in [1.807, 2.05) is 6.92 Å². The molecule has 1 atom stereocenters. The minimum atomic E-state index is -3.51. The number of nitrogens with one attached hydrogen (secondary N) is 1. The van der Waals surface area contributed by atoms with Gasteiger partial charge >= 0.3 is 0 Å². The number of nitrogen functional groups attached to an aromatic ring is 1. The van der Waals surface area contributed by atoms with Gasteiger partial charge in [-0.3, -0.25) is 0 Å². The number of hydrogen-bond acceptors (Lipinski definition) is 4. The molecule has 1 rings (SSSR count). The summed E-state index contributed by atoms with van der Waals surface area (Å²) in [5, 5.41) is 0. The standard InChI is InChI=1S/C12H20N2O3S/c1-4-5-9(2)17-10-6-7-12(11(13)8-10)18(15,16)14-3/h6-9,14H,4-5,13H2,1-3H3. The van der Waals surface area contributed by atoms with Crippen molar-refractivity contribution in [2.24, 2.45) is 0 Å². The van der Waals surface area contributed by atoms with Gasteiger partial charge in [0.15, 0.2) is 0 Å². The highest BCUT2D eigenvalue weighted by atomic mass is 32.2. The van der Waals surface area contributed by atoms with Crippen molar-refractivity contribution in [3.63, 3.8) is 0 Å². The topological polar surface area (TPSA) is 81.4 Å². The van der Waals surface area contributed by atoms with E-state index in [9.17, 15) is 8.42 Å². The molecule has 0 aliphatic rings. The summed E-state index contributed by atoms with van der Waals surface area (Å²) in [6.45, 7) is 4.05. The molecule has 1 aromatic carbocycles. The summed E-state index contributed by atoms with van der Waals surface area (Å²) in [4.78, 5) is 0.0699. The summed E-state index contributed by atoms with van der Waals surface area (Å²) in [7, 11) is -2.17. The average molecular weight is 272 g/mol. The highest BCUT2D eigenvalue weighted by molar-refractivity contribution is 7.89. The molecule has 102 valence electrons. The number of benzene rings is 1. The molecule has 0 spiro atoms. The van der Waals surface area contributed by atoms with Crippen LogP contribution in [0.2, 0.25) is 0 Å². The Kier molecular flexibility index (Phi) is 4.98. The maximum atomic E-state index is 11.6. The molecule has 1 aromatic rings. The zero-order chi connectivity index (χ0) is 13.8. The molecule has 0 saturated heterocycles. The van der Waals surface area contributed by atoms with E-state index in [2.05, 4.69) is 11.6 Å². The maximum Gasteiger partial charge on any atom is 0.242 e. The van der Waals surface area contributed by atoms with Crippen LogP contribution in [0.1, 0.15) is 26.7 Å². The molecule has 0 amide bonds. The number of hydrogen-bond donors (Lipinski definition) is 2. The van der Waals surface area contributed by atoms with E-state index >= 15 is 0 Å². The normalized spacial score (nSPS) is 13.3. The smallest absolute Gasteiger partial charge is 0.242 e. The van der Waals surface area contributed by atoms with Gasteiger partial charge in [-0.05, 0) is 32.5 Å². The van der Waals surface area contributed by atoms with Crippen molar-refractivity contribution in [2.75, 3.05) is 12.8 Å². The van der Waals surface area contributed by atoms with Crippen molar-refractivity contribution < 1.29 is 13.2 Å². The van der Waals surface area contributed by atoms with Gasteiger partial charge in [-0.2, -0.15) is 0 Å². The van der Waals surface area contributed by atoms with Crippen molar-refractivity contribution in [2.45, 2.75) is 37.7 Å². The van der Waals surface area contributed by atoms with Gasteiger partial charge in [-0.25, -0.2) is 13.1 Å². The Labute approximate surface area is 108 Å². The van der Waals surface area contributed by atoms with Gasteiger partial charge in [0.05, 0.1) is 11.8 Å². The fraction of sp³-hybridized carbons (Fsp3) is 0.500. The second-order valence-corrected chi connectivity index (χ2v) is 5.98. The van der Waals surface area contributed by atoms with E-state index in [0.717, 1.165) is 12.8 Å². The summed E-state index contributed by atoms with van der Waals surface area (Å²) >= 11 is 0. The Balaban J connectivity index is 2.93.